The lowest BCUT2D eigenvalue weighted by molar-refractivity contribution is 0.123. The van der Waals surface area contributed by atoms with Crippen molar-refractivity contribution in [1.29, 1.82) is 0 Å². The first-order chi connectivity index (χ1) is 10.7. The van der Waals surface area contributed by atoms with Crippen LogP contribution < -0.4 is 10.3 Å². The van der Waals surface area contributed by atoms with Crippen molar-refractivity contribution in [3.8, 4) is 5.75 Å². The fraction of sp³-hybridized carbons (Fsp3) is 0.529. The van der Waals surface area contributed by atoms with Crippen molar-refractivity contribution in [1.82, 2.24) is 14.5 Å². The lowest BCUT2D eigenvalue weighted by Gasteiger charge is -2.42. The number of hydrogen-bond acceptors (Lipinski definition) is 4. The van der Waals surface area contributed by atoms with Gasteiger partial charge in [-0.15, -0.1) is 0 Å². The number of likely N-dealkylation sites (tertiary alicyclic amines) is 1. The molecule has 0 N–H and O–H groups in total. The number of rotatable bonds is 1. The van der Waals surface area contributed by atoms with E-state index < -0.39 is 0 Å². The normalized spacial score (nSPS) is 24.8. The topological polar surface area (TPSA) is 47.4 Å². The highest BCUT2D eigenvalue weighted by Crippen LogP contribution is 2.36. The summed E-state index contributed by atoms with van der Waals surface area (Å²) in [7, 11) is 3.82. The van der Waals surface area contributed by atoms with Gasteiger partial charge in [-0.1, -0.05) is 6.07 Å². The number of ether oxygens (including phenoxy) is 1. The third-order valence-corrected chi connectivity index (χ3v) is 5.23. The summed E-state index contributed by atoms with van der Waals surface area (Å²) < 4.78 is 7.30. The van der Waals surface area contributed by atoms with E-state index in [1.54, 1.807) is 7.11 Å². The molecule has 2 aliphatic heterocycles. The molecule has 4 rings (SSSR count). The molecule has 3 heterocycles. The lowest BCUT2D eigenvalue weighted by Crippen LogP contribution is -2.47. The Morgan fingerprint density at radius 3 is 2.95 bits per heavy atom. The van der Waals surface area contributed by atoms with Crippen molar-refractivity contribution in [3.63, 3.8) is 0 Å². The van der Waals surface area contributed by atoms with Crippen LogP contribution in [0.3, 0.4) is 0 Å². The second-order valence-corrected chi connectivity index (χ2v) is 6.37. The van der Waals surface area contributed by atoms with E-state index in [2.05, 4.69) is 11.9 Å². The standard InChI is InChI=1S/C17H21N3O2/c1-19-9-4-6-11-13(19)8-10-20-16(11)18-15-12(17(20)21)5-3-7-14(15)22-2/h3,5,7,11,13H,4,6,8-10H2,1-2H3/t11-,13-/m1/s1. The maximum Gasteiger partial charge on any atom is 0.261 e. The molecular formula is C17H21N3O2. The zero-order valence-electron chi connectivity index (χ0n) is 13.1. The smallest absolute Gasteiger partial charge is 0.261 e. The van der Waals surface area contributed by atoms with E-state index in [0.29, 0.717) is 28.6 Å². The van der Waals surface area contributed by atoms with E-state index >= 15 is 0 Å². The Bertz CT molecular complexity index is 783. The number of methoxy groups -OCH3 is 1. The van der Waals surface area contributed by atoms with Gasteiger partial charge in [0, 0.05) is 18.5 Å². The summed E-state index contributed by atoms with van der Waals surface area (Å²) in [6, 6.07) is 6.09. The number of para-hydroxylation sites is 1. The van der Waals surface area contributed by atoms with Gasteiger partial charge in [-0.25, -0.2) is 4.98 Å². The van der Waals surface area contributed by atoms with Gasteiger partial charge in [0.25, 0.3) is 5.56 Å². The summed E-state index contributed by atoms with van der Waals surface area (Å²) in [4.78, 5) is 20.2. The van der Waals surface area contributed by atoms with Crippen LogP contribution in [0.4, 0.5) is 0 Å². The molecule has 1 fully saturated rings. The van der Waals surface area contributed by atoms with Crippen LogP contribution >= 0.6 is 0 Å². The van der Waals surface area contributed by atoms with E-state index in [-0.39, 0.29) is 5.56 Å². The molecule has 0 aliphatic carbocycles. The molecule has 2 aliphatic rings. The van der Waals surface area contributed by atoms with Crippen molar-refractivity contribution >= 4 is 10.9 Å². The minimum absolute atomic E-state index is 0.0746. The monoisotopic (exact) mass is 299 g/mol. The Balaban J connectivity index is 1.96. The van der Waals surface area contributed by atoms with E-state index in [9.17, 15) is 4.79 Å². The zero-order valence-corrected chi connectivity index (χ0v) is 13.1. The number of nitrogens with zero attached hydrogens (tertiary/aromatic N) is 3. The van der Waals surface area contributed by atoms with Gasteiger partial charge in [0.2, 0.25) is 0 Å². The molecule has 1 aromatic carbocycles. The maximum absolute atomic E-state index is 12.9. The summed E-state index contributed by atoms with van der Waals surface area (Å²) in [5, 5.41) is 0.658. The number of hydrogen-bond donors (Lipinski definition) is 0. The molecule has 0 spiro atoms. The van der Waals surface area contributed by atoms with Crippen molar-refractivity contribution in [3.05, 3.63) is 34.4 Å². The predicted octanol–water partition coefficient (Wildman–Crippen LogP) is 1.99. The molecule has 5 heteroatoms. The van der Waals surface area contributed by atoms with Crippen molar-refractivity contribution < 1.29 is 4.74 Å². The Kier molecular flexibility index (Phi) is 3.18. The molecule has 2 aromatic rings. The fourth-order valence-electron chi connectivity index (χ4n) is 4.11. The first kappa shape index (κ1) is 13.8. The first-order valence-corrected chi connectivity index (χ1v) is 7.98. The van der Waals surface area contributed by atoms with Gasteiger partial charge in [0.1, 0.15) is 17.1 Å². The van der Waals surface area contributed by atoms with Crippen LogP contribution in [0.2, 0.25) is 0 Å². The molecule has 2 atom stereocenters. The molecule has 1 aromatic heterocycles. The fourth-order valence-corrected chi connectivity index (χ4v) is 4.11. The highest BCUT2D eigenvalue weighted by molar-refractivity contribution is 5.83. The molecule has 22 heavy (non-hydrogen) atoms. The van der Waals surface area contributed by atoms with Crippen molar-refractivity contribution in [2.45, 2.75) is 37.8 Å². The van der Waals surface area contributed by atoms with Gasteiger partial charge in [0.05, 0.1) is 12.5 Å². The summed E-state index contributed by atoms with van der Waals surface area (Å²) in [5.74, 6) is 1.99. The SMILES string of the molecule is COc1cccc2c(=O)n3c(nc12)[C@@H]1CCCN(C)[C@@H]1CC3. The van der Waals surface area contributed by atoms with Crippen LogP contribution in [-0.4, -0.2) is 41.2 Å². The Morgan fingerprint density at radius 1 is 1.27 bits per heavy atom. The minimum Gasteiger partial charge on any atom is -0.494 e. The van der Waals surface area contributed by atoms with Gasteiger partial charge in [-0.2, -0.15) is 0 Å². The molecule has 0 radical (unpaired) electrons. The van der Waals surface area contributed by atoms with Crippen LogP contribution in [0.25, 0.3) is 10.9 Å². The summed E-state index contributed by atoms with van der Waals surface area (Å²) >= 11 is 0. The van der Waals surface area contributed by atoms with E-state index in [4.69, 9.17) is 9.72 Å². The first-order valence-electron chi connectivity index (χ1n) is 7.98. The molecule has 5 nitrogen and oxygen atoms in total. The van der Waals surface area contributed by atoms with Crippen LogP contribution in [0, 0.1) is 0 Å². The maximum atomic E-state index is 12.9. The minimum atomic E-state index is 0.0746. The number of piperidine rings is 1. The number of likely N-dealkylation sites (N-methyl/N-ethyl adjacent to an activating group) is 1. The van der Waals surface area contributed by atoms with E-state index in [1.165, 1.54) is 0 Å². The predicted molar refractivity (Wildman–Crippen MR) is 85.6 cm³/mol. The van der Waals surface area contributed by atoms with E-state index in [0.717, 1.165) is 38.2 Å². The Labute approximate surface area is 129 Å². The van der Waals surface area contributed by atoms with Gasteiger partial charge >= 0.3 is 0 Å². The summed E-state index contributed by atoms with van der Waals surface area (Å²) in [5.41, 5.74) is 0.778. The van der Waals surface area contributed by atoms with Crippen LogP contribution in [0.15, 0.2) is 23.0 Å². The highest BCUT2D eigenvalue weighted by atomic mass is 16.5. The second kappa shape index (κ2) is 5.09. The van der Waals surface area contributed by atoms with Gasteiger partial charge in [0.15, 0.2) is 0 Å². The van der Waals surface area contributed by atoms with Crippen molar-refractivity contribution in [2.75, 3.05) is 20.7 Å². The third kappa shape index (κ3) is 1.88. The third-order valence-electron chi connectivity index (χ3n) is 5.23. The van der Waals surface area contributed by atoms with Crippen LogP contribution in [0.5, 0.6) is 5.75 Å². The van der Waals surface area contributed by atoms with Crippen LogP contribution in [-0.2, 0) is 6.54 Å². The quantitative estimate of drug-likeness (QED) is 0.808. The van der Waals surface area contributed by atoms with Gasteiger partial charge < -0.3 is 9.64 Å². The Hall–Kier alpha value is -1.88. The average Bonchev–Trinajstić information content (AvgIpc) is 2.55. The van der Waals surface area contributed by atoms with Crippen LogP contribution in [0.1, 0.15) is 31.0 Å². The summed E-state index contributed by atoms with van der Waals surface area (Å²) in [6.07, 6.45) is 3.31. The van der Waals surface area contributed by atoms with Gasteiger partial charge in [-0.3, -0.25) is 9.36 Å². The average molecular weight is 299 g/mol. The Morgan fingerprint density at radius 2 is 2.14 bits per heavy atom. The van der Waals surface area contributed by atoms with Gasteiger partial charge in [-0.05, 0) is 45.0 Å². The molecule has 0 unspecified atom stereocenters. The van der Waals surface area contributed by atoms with Crippen molar-refractivity contribution in [2.24, 2.45) is 0 Å². The molecule has 0 saturated carbocycles. The molecule has 1 saturated heterocycles. The molecule has 0 bridgehead atoms. The number of benzene rings is 1. The molecular weight excluding hydrogens is 278 g/mol. The number of aromatic nitrogens is 2. The number of fused-ring (bicyclic) bond motifs is 4. The highest BCUT2D eigenvalue weighted by Gasteiger charge is 2.36. The molecule has 116 valence electrons. The lowest BCUT2D eigenvalue weighted by atomic mass is 9.84. The van der Waals surface area contributed by atoms with E-state index in [1.807, 2.05) is 22.8 Å². The zero-order chi connectivity index (χ0) is 15.3. The molecule has 0 amide bonds. The largest absolute Gasteiger partial charge is 0.494 e. The summed E-state index contributed by atoms with van der Waals surface area (Å²) in [6.45, 7) is 1.90. The second-order valence-electron chi connectivity index (χ2n) is 6.37.